The molecular formula is C15H11FN4OS2. The average molecular weight is 346 g/mol. The second-order valence-electron chi connectivity index (χ2n) is 4.73. The Bertz CT molecular complexity index is 897. The van der Waals surface area contributed by atoms with E-state index < -0.39 is 0 Å². The fourth-order valence-electron chi connectivity index (χ4n) is 1.98. The van der Waals surface area contributed by atoms with Crippen molar-refractivity contribution >= 4 is 23.1 Å². The summed E-state index contributed by atoms with van der Waals surface area (Å²) < 4.78 is 19.3. The van der Waals surface area contributed by atoms with Crippen molar-refractivity contribution in [1.29, 1.82) is 5.26 Å². The number of aryl methyl sites for hydroxylation is 2. The number of thiazole rings is 1. The Hall–Kier alpha value is -2.24. The van der Waals surface area contributed by atoms with E-state index in [9.17, 15) is 4.39 Å². The van der Waals surface area contributed by atoms with E-state index in [0.717, 1.165) is 15.6 Å². The van der Waals surface area contributed by atoms with Crippen LogP contribution in [-0.2, 0) is 5.75 Å². The van der Waals surface area contributed by atoms with Crippen LogP contribution in [0.5, 0.6) is 0 Å². The van der Waals surface area contributed by atoms with Crippen molar-refractivity contribution in [2.24, 2.45) is 0 Å². The molecule has 0 saturated heterocycles. The first-order valence-corrected chi connectivity index (χ1v) is 8.46. The summed E-state index contributed by atoms with van der Waals surface area (Å²) in [5.41, 5.74) is 1.70. The smallest absolute Gasteiger partial charge is 0.277 e. The maximum Gasteiger partial charge on any atom is 0.277 e. The molecule has 0 fully saturated rings. The van der Waals surface area contributed by atoms with Gasteiger partial charge in [0, 0.05) is 5.75 Å². The van der Waals surface area contributed by atoms with Crippen LogP contribution >= 0.6 is 23.1 Å². The third-order valence-electron chi connectivity index (χ3n) is 3.03. The van der Waals surface area contributed by atoms with Crippen molar-refractivity contribution in [3.05, 3.63) is 45.8 Å². The molecule has 5 nitrogen and oxygen atoms in total. The zero-order chi connectivity index (χ0) is 16.4. The second kappa shape index (κ2) is 6.48. The van der Waals surface area contributed by atoms with E-state index in [1.165, 1.54) is 41.3 Å². The first-order chi connectivity index (χ1) is 11.1. The lowest BCUT2D eigenvalue weighted by Gasteiger charge is -2.01. The molecule has 0 aliphatic rings. The van der Waals surface area contributed by atoms with Gasteiger partial charge in [-0.1, -0.05) is 11.8 Å². The molecule has 3 aromatic rings. The molecule has 1 aromatic carbocycles. The maximum atomic E-state index is 13.7. The van der Waals surface area contributed by atoms with Crippen LogP contribution in [0.4, 0.5) is 4.39 Å². The highest BCUT2D eigenvalue weighted by Gasteiger charge is 2.15. The molecule has 23 heavy (non-hydrogen) atoms. The third-order valence-corrected chi connectivity index (χ3v) is 4.96. The molecule has 3 rings (SSSR count). The molecule has 0 atom stereocenters. The molecule has 0 radical (unpaired) electrons. The Morgan fingerprint density at radius 2 is 2.17 bits per heavy atom. The van der Waals surface area contributed by atoms with Crippen molar-refractivity contribution in [1.82, 2.24) is 15.2 Å². The van der Waals surface area contributed by atoms with Crippen molar-refractivity contribution in [3.8, 4) is 16.8 Å². The van der Waals surface area contributed by atoms with Crippen LogP contribution in [0.3, 0.4) is 0 Å². The molecule has 0 spiro atoms. The van der Waals surface area contributed by atoms with Gasteiger partial charge in [-0.15, -0.1) is 21.5 Å². The maximum absolute atomic E-state index is 13.7. The number of hydrogen-bond donors (Lipinski definition) is 0. The lowest BCUT2D eigenvalue weighted by molar-refractivity contribution is 0.466. The largest absolute Gasteiger partial charge is 0.410 e. The topological polar surface area (TPSA) is 75.6 Å². The summed E-state index contributed by atoms with van der Waals surface area (Å²) in [6.07, 6.45) is 0. The number of halogens is 1. The number of rotatable bonds is 4. The van der Waals surface area contributed by atoms with Gasteiger partial charge in [0.25, 0.3) is 11.1 Å². The number of benzene rings is 1. The van der Waals surface area contributed by atoms with Gasteiger partial charge >= 0.3 is 0 Å². The van der Waals surface area contributed by atoms with Crippen molar-refractivity contribution in [2.75, 3.05) is 0 Å². The van der Waals surface area contributed by atoms with Crippen molar-refractivity contribution in [2.45, 2.75) is 24.8 Å². The summed E-state index contributed by atoms with van der Waals surface area (Å²) in [6.45, 7) is 3.80. The van der Waals surface area contributed by atoms with Crippen LogP contribution in [0, 0.1) is 31.0 Å². The molecule has 0 unspecified atom stereocenters. The van der Waals surface area contributed by atoms with Gasteiger partial charge in [-0.25, -0.2) is 9.37 Å². The normalized spacial score (nSPS) is 10.7. The monoisotopic (exact) mass is 346 g/mol. The first kappa shape index (κ1) is 15.6. The second-order valence-corrected chi connectivity index (χ2v) is 6.86. The minimum Gasteiger partial charge on any atom is -0.410 e. The van der Waals surface area contributed by atoms with Gasteiger partial charge in [-0.3, -0.25) is 0 Å². The third kappa shape index (κ3) is 3.41. The SMILES string of the molecule is Cc1nc(C)c(-c2nnc(SCc3cc(C#N)ccc3F)o2)s1. The molecule has 0 aliphatic heterocycles. The number of nitrogens with zero attached hydrogens (tertiary/aromatic N) is 4. The van der Waals surface area contributed by atoms with Crippen molar-refractivity contribution < 1.29 is 8.81 Å². The van der Waals surface area contributed by atoms with Crippen molar-refractivity contribution in [3.63, 3.8) is 0 Å². The summed E-state index contributed by atoms with van der Waals surface area (Å²) in [7, 11) is 0. The average Bonchev–Trinajstić information content (AvgIpc) is 3.12. The molecule has 0 saturated carbocycles. The lowest BCUT2D eigenvalue weighted by Crippen LogP contribution is -1.89. The van der Waals surface area contributed by atoms with Gasteiger partial charge in [0.15, 0.2) is 0 Å². The van der Waals surface area contributed by atoms with Crippen LogP contribution in [-0.4, -0.2) is 15.2 Å². The Morgan fingerprint density at radius 3 is 2.87 bits per heavy atom. The van der Waals surface area contributed by atoms with Crippen LogP contribution in [0.15, 0.2) is 27.8 Å². The molecule has 2 aromatic heterocycles. The molecule has 0 amide bonds. The van der Waals surface area contributed by atoms with E-state index in [1.54, 1.807) is 0 Å². The van der Waals surface area contributed by atoms with Crippen LogP contribution in [0.25, 0.3) is 10.8 Å². The first-order valence-electron chi connectivity index (χ1n) is 6.66. The lowest BCUT2D eigenvalue weighted by atomic mass is 10.1. The molecule has 0 N–H and O–H groups in total. The van der Waals surface area contributed by atoms with E-state index in [4.69, 9.17) is 9.68 Å². The van der Waals surface area contributed by atoms with Crippen LogP contribution in [0.1, 0.15) is 21.8 Å². The van der Waals surface area contributed by atoms with E-state index in [2.05, 4.69) is 15.2 Å². The molecule has 0 aliphatic carbocycles. The molecular weight excluding hydrogens is 335 g/mol. The van der Waals surface area contributed by atoms with E-state index in [1.807, 2.05) is 19.9 Å². The number of nitriles is 1. The fourth-order valence-corrected chi connectivity index (χ4v) is 3.56. The summed E-state index contributed by atoms with van der Waals surface area (Å²) in [6, 6.07) is 6.25. The Kier molecular flexibility index (Phi) is 4.41. The van der Waals surface area contributed by atoms with E-state index in [0.29, 0.717) is 28.0 Å². The zero-order valence-electron chi connectivity index (χ0n) is 12.3. The van der Waals surface area contributed by atoms with E-state index >= 15 is 0 Å². The van der Waals surface area contributed by atoms with Gasteiger partial charge in [-0.05, 0) is 37.6 Å². The van der Waals surface area contributed by atoms with Gasteiger partial charge in [-0.2, -0.15) is 5.26 Å². The summed E-state index contributed by atoms with van der Waals surface area (Å²) >= 11 is 2.72. The highest BCUT2D eigenvalue weighted by atomic mass is 32.2. The summed E-state index contributed by atoms with van der Waals surface area (Å²) in [5, 5.41) is 18.1. The van der Waals surface area contributed by atoms with Gasteiger partial charge in [0.2, 0.25) is 0 Å². The van der Waals surface area contributed by atoms with E-state index in [-0.39, 0.29) is 5.82 Å². The summed E-state index contributed by atoms with van der Waals surface area (Å²) in [5.74, 6) is 0.371. The molecule has 2 heterocycles. The zero-order valence-corrected chi connectivity index (χ0v) is 14.0. The predicted octanol–water partition coefficient (Wildman–Crippen LogP) is 4.11. The Labute approximate surface area is 140 Å². The minimum absolute atomic E-state index is 0.309. The Morgan fingerprint density at radius 1 is 1.35 bits per heavy atom. The Balaban J connectivity index is 1.75. The quantitative estimate of drug-likeness (QED) is 0.662. The van der Waals surface area contributed by atoms with Gasteiger partial charge < -0.3 is 4.42 Å². The molecule has 8 heteroatoms. The standard InChI is InChI=1S/C15H11FN4OS2/c1-8-13(23-9(2)18-8)14-19-20-15(21-14)22-7-11-5-10(6-17)3-4-12(11)16/h3-5H,7H2,1-2H3. The van der Waals surface area contributed by atoms with Gasteiger partial charge in [0.1, 0.15) is 10.7 Å². The van der Waals surface area contributed by atoms with Crippen LogP contribution < -0.4 is 0 Å². The number of hydrogen-bond acceptors (Lipinski definition) is 7. The minimum atomic E-state index is -0.356. The highest BCUT2D eigenvalue weighted by Crippen LogP contribution is 2.31. The predicted molar refractivity (Wildman–Crippen MR) is 85.6 cm³/mol. The van der Waals surface area contributed by atoms with Gasteiger partial charge in [0.05, 0.1) is 22.3 Å². The highest BCUT2D eigenvalue weighted by molar-refractivity contribution is 7.98. The fraction of sp³-hybridized carbons (Fsp3) is 0.200. The molecule has 116 valence electrons. The summed E-state index contributed by atoms with van der Waals surface area (Å²) in [4.78, 5) is 5.17. The number of thioether (sulfide) groups is 1. The number of aromatic nitrogens is 3. The van der Waals surface area contributed by atoms with Crippen LogP contribution in [0.2, 0.25) is 0 Å². The molecule has 0 bridgehead atoms.